The molecule has 0 N–H and O–H groups in total. The Kier molecular flexibility index (Phi) is 4.90. The van der Waals surface area contributed by atoms with Gasteiger partial charge >= 0.3 is 6.18 Å². The standard InChI is InChI=1S/C14H13F3N4O2/c15-14(16,17)8-9(19-20-18)4-3-7-21-12(22)10-5-1-2-6-11(10)13(21)23/h1-2,5-6,9H,3-4,7-8H2. The minimum atomic E-state index is -4.44. The molecule has 0 radical (unpaired) electrons. The van der Waals surface area contributed by atoms with Crippen molar-refractivity contribution in [2.45, 2.75) is 31.5 Å². The van der Waals surface area contributed by atoms with Crippen LogP contribution in [-0.2, 0) is 0 Å². The van der Waals surface area contributed by atoms with Crippen molar-refractivity contribution in [3.8, 4) is 0 Å². The Morgan fingerprint density at radius 3 is 2.22 bits per heavy atom. The lowest BCUT2D eigenvalue weighted by Gasteiger charge is -2.16. The van der Waals surface area contributed by atoms with E-state index in [-0.39, 0.29) is 19.4 Å². The van der Waals surface area contributed by atoms with Crippen molar-refractivity contribution in [2.75, 3.05) is 6.54 Å². The molecule has 0 aromatic heterocycles. The molecule has 0 saturated carbocycles. The fraction of sp³-hybridized carbons (Fsp3) is 0.429. The lowest BCUT2D eigenvalue weighted by molar-refractivity contribution is -0.138. The molecule has 1 unspecified atom stereocenters. The number of alkyl halides is 3. The van der Waals surface area contributed by atoms with E-state index in [1.807, 2.05) is 0 Å². The molecule has 0 spiro atoms. The van der Waals surface area contributed by atoms with Crippen LogP contribution in [0, 0.1) is 0 Å². The number of fused-ring (bicyclic) bond motifs is 1. The van der Waals surface area contributed by atoms with Crippen molar-refractivity contribution >= 4 is 11.8 Å². The van der Waals surface area contributed by atoms with Crippen LogP contribution >= 0.6 is 0 Å². The molecule has 1 aromatic rings. The van der Waals surface area contributed by atoms with Gasteiger partial charge in [-0.15, -0.1) is 0 Å². The lowest BCUT2D eigenvalue weighted by Crippen LogP contribution is -2.31. The third-order valence-corrected chi connectivity index (χ3v) is 3.48. The first-order valence-corrected chi connectivity index (χ1v) is 6.89. The van der Waals surface area contributed by atoms with Crippen LogP contribution in [-0.4, -0.2) is 35.5 Å². The number of hydrogen-bond acceptors (Lipinski definition) is 3. The van der Waals surface area contributed by atoms with Gasteiger partial charge in [0.05, 0.1) is 17.5 Å². The van der Waals surface area contributed by atoms with Crippen molar-refractivity contribution in [3.63, 3.8) is 0 Å². The summed E-state index contributed by atoms with van der Waals surface area (Å²) in [6.45, 7) is -0.0122. The maximum absolute atomic E-state index is 12.4. The Morgan fingerprint density at radius 1 is 1.17 bits per heavy atom. The van der Waals surface area contributed by atoms with E-state index in [1.54, 1.807) is 12.1 Å². The van der Waals surface area contributed by atoms with E-state index < -0.39 is 30.5 Å². The van der Waals surface area contributed by atoms with Gasteiger partial charge in [0.1, 0.15) is 0 Å². The molecule has 122 valence electrons. The van der Waals surface area contributed by atoms with Gasteiger partial charge < -0.3 is 0 Å². The first kappa shape index (κ1) is 16.8. The molecule has 0 aliphatic carbocycles. The molecule has 1 aromatic carbocycles. The second kappa shape index (κ2) is 6.70. The lowest BCUT2D eigenvalue weighted by atomic mass is 10.1. The third kappa shape index (κ3) is 4.01. The van der Waals surface area contributed by atoms with Crippen LogP contribution in [0.15, 0.2) is 29.4 Å². The summed E-state index contributed by atoms with van der Waals surface area (Å²) in [6.07, 6.45) is -5.59. The van der Waals surface area contributed by atoms with E-state index in [4.69, 9.17) is 5.53 Å². The maximum Gasteiger partial charge on any atom is 0.389 e. The second-order valence-electron chi connectivity index (χ2n) is 5.13. The average molecular weight is 326 g/mol. The normalized spacial score (nSPS) is 15.3. The fourth-order valence-corrected chi connectivity index (χ4v) is 2.47. The van der Waals surface area contributed by atoms with Gasteiger partial charge in [-0.05, 0) is 30.5 Å². The summed E-state index contributed by atoms with van der Waals surface area (Å²) in [6, 6.07) is 5.09. The monoisotopic (exact) mass is 326 g/mol. The highest BCUT2D eigenvalue weighted by Crippen LogP contribution is 2.26. The van der Waals surface area contributed by atoms with E-state index >= 15 is 0 Å². The molecule has 0 bridgehead atoms. The van der Waals surface area contributed by atoms with Crippen molar-refractivity contribution in [1.82, 2.24) is 4.90 Å². The van der Waals surface area contributed by atoms with Gasteiger partial charge in [-0.2, -0.15) is 13.2 Å². The number of carbonyl (C=O) groups excluding carboxylic acids is 2. The molecule has 23 heavy (non-hydrogen) atoms. The number of rotatable bonds is 6. The van der Waals surface area contributed by atoms with E-state index in [1.165, 1.54) is 12.1 Å². The Hall–Kier alpha value is -2.54. The quantitative estimate of drug-likeness (QED) is 0.345. The van der Waals surface area contributed by atoms with Crippen molar-refractivity contribution in [3.05, 3.63) is 45.8 Å². The summed E-state index contributed by atoms with van der Waals surface area (Å²) in [5.41, 5.74) is 8.90. The molecule has 6 nitrogen and oxygen atoms in total. The van der Waals surface area contributed by atoms with Crippen LogP contribution in [0.25, 0.3) is 10.4 Å². The molecular formula is C14H13F3N4O2. The zero-order valence-corrected chi connectivity index (χ0v) is 12.0. The number of halogens is 3. The van der Waals surface area contributed by atoms with Gasteiger partial charge in [0.25, 0.3) is 11.8 Å². The smallest absolute Gasteiger partial charge is 0.274 e. The van der Waals surface area contributed by atoms with Crippen LogP contribution in [0.1, 0.15) is 40.0 Å². The van der Waals surface area contributed by atoms with E-state index in [0.29, 0.717) is 11.1 Å². The number of nitrogens with zero attached hydrogens (tertiary/aromatic N) is 4. The molecule has 2 rings (SSSR count). The Labute approximate surface area is 129 Å². The molecule has 0 saturated heterocycles. The Morgan fingerprint density at radius 2 is 1.74 bits per heavy atom. The number of imide groups is 1. The SMILES string of the molecule is [N-]=[N+]=NC(CCCN1C(=O)c2ccccc2C1=O)CC(F)(F)F. The molecule has 2 amide bonds. The van der Waals surface area contributed by atoms with Crippen LogP contribution in [0.2, 0.25) is 0 Å². The predicted octanol–water partition coefficient (Wildman–Crippen LogP) is 3.69. The number of amides is 2. The minimum absolute atomic E-state index is 0.0122. The highest BCUT2D eigenvalue weighted by atomic mass is 19.4. The van der Waals surface area contributed by atoms with Crippen LogP contribution in [0.3, 0.4) is 0 Å². The molecule has 1 heterocycles. The van der Waals surface area contributed by atoms with Gasteiger partial charge in [0.15, 0.2) is 0 Å². The maximum atomic E-state index is 12.4. The first-order valence-electron chi connectivity index (χ1n) is 6.89. The average Bonchev–Trinajstić information content (AvgIpc) is 2.71. The third-order valence-electron chi connectivity index (χ3n) is 3.48. The highest BCUT2D eigenvalue weighted by molar-refractivity contribution is 6.21. The van der Waals surface area contributed by atoms with Gasteiger partial charge in [-0.1, -0.05) is 17.2 Å². The van der Waals surface area contributed by atoms with Gasteiger partial charge in [0.2, 0.25) is 0 Å². The zero-order valence-electron chi connectivity index (χ0n) is 12.0. The zero-order chi connectivity index (χ0) is 17.0. The van der Waals surface area contributed by atoms with Gasteiger partial charge in [0, 0.05) is 17.5 Å². The molecule has 1 aliphatic rings. The molecule has 0 fully saturated rings. The predicted molar refractivity (Wildman–Crippen MR) is 74.6 cm³/mol. The molecule has 1 atom stereocenters. The number of benzene rings is 1. The summed E-state index contributed by atoms with van der Waals surface area (Å²) in [5, 5.41) is 3.12. The summed E-state index contributed by atoms with van der Waals surface area (Å²) in [7, 11) is 0. The Balaban J connectivity index is 1.95. The minimum Gasteiger partial charge on any atom is -0.274 e. The van der Waals surface area contributed by atoms with Crippen molar-refractivity contribution in [2.24, 2.45) is 5.11 Å². The Bertz CT molecular complexity index is 633. The number of carbonyl (C=O) groups is 2. The first-order chi connectivity index (χ1) is 10.8. The van der Waals surface area contributed by atoms with Crippen molar-refractivity contribution in [1.29, 1.82) is 0 Å². The number of azide groups is 1. The summed E-state index contributed by atoms with van der Waals surface area (Å²) >= 11 is 0. The van der Waals surface area contributed by atoms with Crippen LogP contribution in [0.5, 0.6) is 0 Å². The number of hydrogen-bond donors (Lipinski definition) is 0. The van der Waals surface area contributed by atoms with Gasteiger partial charge in [-0.3, -0.25) is 14.5 Å². The van der Waals surface area contributed by atoms with E-state index in [9.17, 15) is 22.8 Å². The van der Waals surface area contributed by atoms with Crippen molar-refractivity contribution < 1.29 is 22.8 Å². The largest absolute Gasteiger partial charge is 0.389 e. The molecular weight excluding hydrogens is 313 g/mol. The second-order valence-corrected chi connectivity index (χ2v) is 5.13. The molecule has 9 heteroatoms. The highest BCUT2D eigenvalue weighted by Gasteiger charge is 2.35. The fourth-order valence-electron chi connectivity index (χ4n) is 2.47. The summed E-state index contributed by atoms with van der Waals surface area (Å²) in [4.78, 5) is 27.6. The summed E-state index contributed by atoms with van der Waals surface area (Å²) in [5.74, 6) is -0.913. The van der Waals surface area contributed by atoms with Crippen LogP contribution in [0.4, 0.5) is 13.2 Å². The topological polar surface area (TPSA) is 86.1 Å². The van der Waals surface area contributed by atoms with E-state index in [2.05, 4.69) is 10.0 Å². The van der Waals surface area contributed by atoms with E-state index in [0.717, 1.165) is 4.90 Å². The summed E-state index contributed by atoms with van der Waals surface area (Å²) < 4.78 is 37.1. The van der Waals surface area contributed by atoms with Gasteiger partial charge in [-0.25, -0.2) is 0 Å². The van der Waals surface area contributed by atoms with Crippen LogP contribution < -0.4 is 0 Å². The molecule has 1 aliphatic heterocycles.